The van der Waals surface area contributed by atoms with Crippen molar-refractivity contribution in [1.82, 2.24) is 0 Å². The Morgan fingerprint density at radius 1 is 0.364 bits per heavy atom. The lowest BCUT2D eigenvalue weighted by molar-refractivity contribution is 0.669. The van der Waals surface area contributed by atoms with Crippen LogP contribution in [0.2, 0.25) is 0 Å². The maximum absolute atomic E-state index is 6.44. The molecule has 0 saturated heterocycles. The van der Waals surface area contributed by atoms with E-state index in [4.69, 9.17) is 4.42 Å². The average Bonchev–Trinajstić information content (AvgIpc) is 3.83. The van der Waals surface area contributed by atoms with Crippen molar-refractivity contribution in [3.8, 4) is 33.4 Å². The molecule has 3 heteroatoms. The van der Waals surface area contributed by atoms with Gasteiger partial charge in [0.1, 0.15) is 11.2 Å². The fourth-order valence-corrected chi connectivity index (χ4v) is 9.45. The minimum atomic E-state index is 0.868. The van der Waals surface area contributed by atoms with Gasteiger partial charge in [-0.05, 0) is 93.2 Å². The first-order valence-electron chi connectivity index (χ1n) is 18.7. The quantitative estimate of drug-likeness (QED) is 0.170. The molecule has 258 valence electrons. The van der Waals surface area contributed by atoms with Crippen molar-refractivity contribution >= 4 is 81.3 Å². The number of hydrogen-bond donors (Lipinski definition) is 0. The Kier molecular flexibility index (Phi) is 7.39. The highest BCUT2D eigenvalue weighted by atomic mass is 32.1. The zero-order valence-electron chi connectivity index (χ0n) is 29.8. The minimum Gasteiger partial charge on any atom is -0.456 e. The Labute approximate surface area is 322 Å². The van der Waals surface area contributed by atoms with E-state index in [1.54, 1.807) is 0 Å². The first-order valence-corrected chi connectivity index (χ1v) is 19.5. The van der Waals surface area contributed by atoms with Crippen molar-refractivity contribution in [2.75, 3.05) is 4.90 Å². The molecule has 0 aliphatic heterocycles. The van der Waals surface area contributed by atoms with Crippen molar-refractivity contribution < 1.29 is 4.42 Å². The summed E-state index contributed by atoms with van der Waals surface area (Å²) in [5.74, 6) is 0. The Bertz CT molecular complexity index is 3220. The van der Waals surface area contributed by atoms with Crippen molar-refractivity contribution in [3.05, 3.63) is 200 Å². The molecule has 0 N–H and O–H groups in total. The van der Waals surface area contributed by atoms with Gasteiger partial charge in [-0.2, -0.15) is 0 Å². The third-order valence-corrected chi connectivity index (χ3v) is 12.0. The summed E-state index contributed by atoms with van der Waals surface area (Å²) in [6.07, 6.45) is 0. The summed E-state index contributed by atoms with van der Waals surface area (Å²) in [6, 6.07) is 72.2. The summed E-state index contributed by atoms with van der Waals surface area (Å²) in [7, 11) is 0. The van der Waals surface area contributed by atoms with Crippen LogP contribution in [0.25, 0.3) is 86.3 Å². The number of anilines is 3. The molecule has 11 aromatic rings. The van der Waals surface area contributed by atoms with Crippen LogP contribution >= 0.6 is 11.3 Å². The predicted molar refractivity (Wildman–Crippen MR) is 235 cm³/mol. The van der Waals surface area contributed by atoms with Crippen LogP contribution in [0.3, 0.4) is 0 Å². The highest BCUT2D eigenvalue weighted by Crippen LogP contribution is 2.47. The van der Waals surface area contributed by atoms with Gasteiger partial charge >= 0.3 is 0 Å². The lowest BCUT2D eigenvalue weighted by Gasteiger charge is -2.29. The highest BCUT2D eigenvalue weighted by Gasteiger charge is 2.22. The molecule has 2 nitrogen and oxygen atoms in total. The summed E-state index contributed by atoms with van der Waals surface area (Å²) in [5, 5.41) is 7.32. The molecule has 2 aromatic heterocycles. The molecule has 0 atom stereocenters. The van der Waals surface area contributed by atoms with Crippen LogP contribution in [-0.2, 0) is 0 Å². The molecule has 2 heterocycles. The lowest BCUT2D eigenvalue weighted by atomic mass is 9.94. The number of hydrogen-bond acceptors (Lipinski definition) is 3. The van der Waals surface area contributed by atoms with Crippen LogP contribution in [0.1, 0.15) is 0 Å². The van der Waals surface area contributed by atoms with E-state index in [1.165, 1.54) is 53.2 Å². The number of benzene rings is 9. The van der Waals surface area contributed by atoms with Crippen molar-refractivity contribution in [2.24, 2.45) is 0 Å². The standard InChI is InChI=1S/C52H33NOS/c1-2-16-40-35(12-1)13-10-20-41(40)37-14-9-15-38(32-37)42-17-3-6-21-46(42)53(47-22-11-24-49-52(47)45-19-4-7-23-48(45)54-49)39-29-26-34(27-30-39)36-28-31-44-43-18-5-8-25-50(43)55-51(44)33-36/h1-33H. The van der Waals surface area contributed by atoms with Gasteiger partial charge in [0.25, 0.3) is 0 Å². The zero-order chi connectivity index (χ0) is 36.3. The average molecular weight is 720 g/mol. The van der Waals surface area contributed by atoms with E-state index in [0.29, 0.717) is 0 Å². The van der Waals surface area contributed by atoms with Crippen molar-refractivity contribution in [1.29, 1.82) is 0 Å². The molecule has 0 radical (unpaired) electrons. The van der Waals surface area contributed by atoms with Gasteiger partial charge in [0.15, 0.2) is 0 Å². The molecule has 9 aromatic carbocycles. The number of thiophene rings is 1. The van der Waals surface area contributed by atoms with Crippen LogP contribution < -0.4 is 4.90 Å². The fraction of sp³-hybridized carbons (Fsp3) is 0. The van der Waals surface area contributed by atoms with Gasteiger partial charge in [-0.1, -0.05) is 146 Å². The molecule has 0 aliphatic rings. The van der Waals surface area contributed by atoms with E-state index in [1.807, 2.05) is 17.4 Å². The Morgan fingerprint density at radius 2 is 0.982 bits per heavy atom. The monoisotopic (exact) mass is 719 g/mol. The van der Waals surface area contributed by atoms with Crippen molar-refractivity contribution in [2.45, 2.75) is 0 Å². The summed E-state index contributed by atoms with van der Waals surface area (Å²) < 4.78 is 9.07. The van der Waals surface area contributed by atoms with Gasteiger partial charge in [-0.25, -0.2) is 0 Å². The van der Waals surface area contributed by atoms with Crippen LogP contribution in [-0.4, -0.2) is 0 Å². The number of fused-ring (bicyclic) bond motifs is 7. The molecular weight excluding hydrogens is 687 g/mol. The molecule has 0 fully saturated rings. The summed E-state index contributed by atoms with van der Waals surface area (Å²) in [6.45, 7) is 0. The first-order chi connectivity index (χ1) is 27.3. The Balaban J connectivity index is 1.08. The minimum absolute atomic E-state index is 0.868. The Morgan fingerprint density at radius 3 is 1.89 bits per heavy atom. The summed E-state index contributed by atoms with van der Waals surface area (Å²) >= 11 is 1.86. The van der Waals surface area contributed by atoms with Gasteiger partial charge < -0.3 is 9.32 Å². The molecule has 0 unspecified atom stereocenters. The smallest absolute Gasteiger partial charge is 0.137 e. The maximum Gasteiger partial charge on any atom is 0.137 e. The number of furan rings is 1. The van der Waals surface area contributed by atoms with Gasteiger partial charge in [0.05, 0.1) is 16.8 Å². The van der Waals surface area contributed by atoms with E-state index < -0.39 is 0 Å². The van der Waals surface area contributed by atoms with Gasteiger partial charge in [0, 0.05) is 36.8 Å². The second-order valence-electron chi connectivity index (χ2n) is 14.1. The molecule has 0 bridgehead atoms. The molecule has 55 heavy (non-hydrogen) atoms. The van der Waals surface area contributed by atoms with E-state index in [9.17, 15) is 0 Å². The van der Waals surface area contributed by atoms with E-state index in [-0.39, 0.29) is 0 Å². The van der Waals surface area contributed by atoms with E-state index in [0.717, 1.165) is 50.1 Å². The molecule has 0 aliphatic carbocycles. The SMILES string of the molecule is c1cc(-c2ccccc2N(c2ccc(-c3ccc4c(c3)sc3ccccc34)cc2)c2cccc3oc4ccccc4c23)cc(-c2cccc3ccccc23)c1. The second kappa shape index (κ2) is 12.9. The van der Waals surface area contributed by atoms with Gasteiger partial charge in [-0.3, -0.25) is 0 Å². The van der Waals surface area contributed by atoms with Crippen LogP contribution in [0.5, 0.6) is 0 Å². The topological polar surface area (TPSA) is 16.4 Å². The van der Waals surface area contributed by atoms with E-state index >= 15 is 0 Å². The van der Waals surface area contributed by atoms with Crippen LogP contribution in [0, 0.1) is 0 Å². The summed E-state index contributed by atoms with van der Waals surface area (Å²) in [4.78, 5) is 2.41. The number of para-hydroxylation sites is 2. The molecule has 0 spiro atoms. The van der Waals surface area contributed by atoms with Gasteiger partial charge in [0.2, 0.25) is 0 Å². The number of nitrogens with zero attached hydrogens (tertiary/aromatic N) is 1. The third-order valence-electron chi connectivity index (χ3n) is 10.9. The predicted octanol–water partition coefficient (Wildman–Crippen LogP) is 15.6. The zero-order valence-corrected chi connectivity index (χ0v) is 30.6. The molecule has 0 saturated carbocycles. The molecule has 11 rings (SSSR count). The third kappa shape index (κ3) is 5.32. The molecule has 0 amide bonds. The second-order valence-corrected chi connectivity index (χ2v) is 15.1. The lowest BCUT2D eigenvalue weighted by Crippen LogP contribution is -2.11. The van der Waals surface area contributed by atoms with Crippen molar-refractivity contribution in [3.63, 3.8) is 0 Å². The van der Waals surface area contributed by atoms with E-state index in [2.05, 4.69) is 199 Å². The maximum atomic E-state index is 6.44. The largest absolute Gasteiger partial charge is 0.456 e. The van der Waals surface area contributed by atoms with Crippen LogP contribution in [0.4, 0.5) is 17.1 Å². The number of rotatable bonds is 6. The van der Waals surface area contributed by atoms with Crippen LogP contribution in [0.15, 0.2) is 205 Å². The normalized spacial score (nSPS) is 11.6. The highest BCUT2D eigenvalue weighted by molar-refractivity contribution is 7.25. The summed E-state index contributed by atoms with van der Waals surface area (Å²) in [5.41, 5.74) is 12.1. The molecular formula is C52H33NOS. The Hall–Kier alpha value is -6.94. The first kappa shape index (κ1) is 31.6. The fourth-order valence-electron chi connectivity index (χ4n) is 8.30. The van der Waals surface area contributed by atoms with Gasteiger partial charge in [-0.15, -0.1) is 11.3 Å².